The van der Waals surface area contributed by atoms with Crippen LogP contribution in [0.5, 0.6) is 0 Å². The fourth-order valence-electron chi connectivity index (χ4n) is 3.68. The number of furan rings is 1. The second-order valence-electron chi connectivity index (χ2n) is 5.92. The Kier molecular flexibility index (Phi) is 4.45. The van der Waals surface area contributed by atoms with Crippen LogP contribution in [-0.2, 0) is 16.6 Å². The summed E-state index contributed by atoms with van der Waals surface area (Å²) in [6.07, 6.45) is 6.56. The number of sulfonamides is 1. The normalized spacial score (nSPS) is 27.5. The van der Waals surface area contributed by atoms with Crippen molar-refractivity contribution in [3.8, 4) is 0 Å². The fraction of sp³-hybridized carbons (Fsp3) is 0.714. The van der Waals surface area contributed by atoms with E-state index in [0.29, 0.717) is 18.2 Å². The number of piperidine rings is 1. The van der Waals surface area contributed by atoms with E-state index in [1.165, 1.54) is 6.42 Å². The summed E-state index contributed by atoms with van der Waals surface area (Å²) < 4.78 is 33.3. The molecule has 2 aliphatic rings. The highest BCUT2D eigenvalue weighted by Gasteiger charge is 2.41. The molecule has 7 heteroatoms. The van der Waals surface area contributed by atoms with E-state index in [0.717, 1.165) is 32.1 Å². The van der Waals surface area contributed by atoms with Gasteiger partial charge in [-0.1, -0.05) is 12.8 Å². The smallest absolute Gasteiger partial charge is 0.247 e. The fourth-order valence-corrected chi connectivity index (χ4v) is 6.40. The van der Waals surface area contributed by atoms with Gasteiger partial charge in [-0.3, -0.25) is 0 Å². The molecule has 1 saturated carbocycles. The molecule has 3 rings (SSSR count). The van der Waals surface area contributed by atoms with Gasteiger partial charge < -0.3 is 10.2 Å². The molecule has 1 aromatic rings. The Morgan fingerprint density at radius 2 is 2.00 bits per heavy atom. The zero-order valence-electron chi connectivity index (χ0n) is 11.9. The summed E-state index contributed by atoms with van der Waals surface area (Å²) in [7, 11) is -3.52. The zero-order valence-corrected chi connectivity index (χ0v) is 14.3. The molecule has 1 saturated heterocycles. The molecule has 2 fully saturated rings. The van der Waals surface area contributed by atoms with Gasteiger partial charge in [-0.15, -0.1) is 0 Å². The Labute approximate surface area is 134 Å². The first kappa shape index (κ1) is 15.5. The molecular weight excluding hydrogens is 356 g/mol. The third kappa shape index (κ3) is 2.81. The number of halogens is 1. The third-order valence-corrected chi connectivity index (χ3v) is 7.47. The molecule has 21 heavy (non-hydrogen) atoms. The highest BCUT2D eigenvalue weighted by molar-refractivity contribution is 9.10. The molecule has 0 aromatic carbocycles. The van der Waals surface area contributed by atoms with Crippen LogP contribution < -0.4 is 5.73 Å². The first-order valence-corrected chi connectivity index (χ1v) is 9.77. The van der Waals surface area contributed by atoms with Gasteiger partial charge in [0, 0.05) is 18.7 Å². The van der Waals surface area contributed by atoms with E-state index in [9.17, 15) is 8.42 Å². The van der Waals surface area contributed by atoms with E-state index < -0.39 is 10.0 Å². The zero-order chi connectivity index (χ0) is 15.0. The van der Waals surface area contributed by atoms with Crippen molar-refractivity contribution in [2.24, 2.45) is 11.7 Å². The van der Waals surface area contributed by atoms with Gasteiger partial charge in [0.25, 0.3) is 0 Å². The molecule has 1 aromatic heterocycles. The van der Waals surface area contributed by atoms with E-state index in [-0.39, 0.29) is 22.2 Å². The predicted octanol–water partition coefficient (Wildman–Crippen LogP) is 2.84. The van der Waals surface area contributed by atoms with Gasteiger partial charge in [-0.25, -0.2) is 8.42 Å². The molecule has 2 unspecified atom stereocenters. The highest BCUT2D eigenvalue weighted by atomic mass is 79.9. The Morgan fingerprint density at radius 1 is 1.29 bits per heavy atom. The van der Waals surface area contributed by atoms with Gasteiger partial charge >= 0.3 is 0 Å². The van der Waals surface area contributed by atoms with Crippen LogP contribution in [0.25, 0.3) is 0 Å². The molecule has 2 atom stereocenters. The lowest BCUT2D eigenvalue weighted by atomic mass is 9.79. The number of nitrogens with zero attached hydrogens (tertiary/aromatic N) is 1. The Morgan fingerprint density at radius 3 is 2.71 bits per heavy atom. The van der Waals surface area contributed by atoms with E-state index in [2.05, 4.69) is 15.9 Å². The number of nitrogens with two attached hydrogens (primary N) is 1. The van der Waals surface area contributed by atoms with Crippen LogP contribution in [0.15, 0.2) is 20.0 Å². The standard InChI is InChI=1S/C14H21BrN2O3S/c15-14-13(8-11(9-16)20-14)21(18,19)17-7-3-5-10-4-1-2-6-12(10)17/h8,10,12H,1-7,9,16H2. The molecule has 2 heterocycles. The van der Waals surface area contributed by atoms with Gasteiger partial charge in [0.05, 0.1) is 6.54 Å². The number of fused-ring (bicyclic) bond motifs is 1. The van der Waals surface area contributed by atoms with E-state index in [1.54, 1.807) is 10.4 Å². The largest absolute Gasteiger partial charge is 0.452 e. The first-order chi connectivity index (χ1) is 10.0. The van der Waals surface area contributed by atoms with Crippen molar-refractivity contribution in [3.63, 3.8) is 0 Å². The van der Waals surface area contributed by atoms with Crippen molar-refractivity contribution in [1.82, 2.24) is 4.31 Å². The molecule has 1 aliphatic heterocycles. The van der Waals surface area contributed by atoms with Crippen molar-refractivity contribution in [3.05, 3.63) is 16.5 Å². The molecule has 0 bridgehead atoms. The van der Waals surface area contributed by atoms with E-state index in [1.807, 2.05) is 0 Å². The average molecular weight is 377 g/mol. The third-order valence-electron chi connectivity index (χ3n) is 4.69. The second-order valence-corrected chi connectivity index (χ2v) is 8.50. The first-order valence-electron chi connectivity index (χ1n) is 7.54. The summed E-state index contributed by atoms with van der Waals surface area (Å²) in [5.74, 6) is 1.000. The molecule has 0 radical (unpaired) electrons. The van der Waals surface area contributed by atoms with Gasteiger partial charge in [-0.05, 0) is 47.5 Å². The monoisotopic (exact) mass is 376 g/mol. The molecule has 5 nitrogen and oxygen atoms in total. The minimum atomic E-state index is -3.52. The van der Waals surface area contributed by atoms with Gasteiger partial charge in [0.15, 0.2) is 4.67 Å². The number of hydrogen-bond donors (Lipinski definition) is 1. The predicted molar refractivity (Wildman–Crippen MR) is 83.2 cm³/mol. The van der Waals surface area contributed by atoms with Crippen molar-refractivity contribution in [1.29, 1.82) is 0 Å². The van der Waals surface area contributed by atoms with Crippen molar-refractivity contribution in [2.75, 3.05) is 6.54 Å². The van der Waals surface area contributed by atoms with Crippen LogP contribution in [0.3, 0.4) is 0 Å². The maximum absolute atomic E-state index is 13.0. The molecule has 0 spiro atoms. The topological polar surface area (TPSA) is 76.5 Å². The quantitative estimate of drug-likeness (QED) is 0.879. The highest BCUT2D eigenvalue weighted by Crippen LogP contribution is 2.39. The Hall–Kier alpha value is -0.370. The van der Waals surface area contributed by atoms with Crippen LogP contribution in [0, 0.1) is 5.92 Å². The van der Waals surface area contributed by atoms with Crippen molar-refractivity contribution in [2.45, 2.75) is 56.0 Å². The maximum Gasteiger partial charge on any atom is 0.247 e. The van der Waals surface area contributed by atoms with Gasteiger partial charge in [0.1, 0.15) is 10.7 Å². The van der Waals surface area contributed by atoms with Crippen LogP contribution in [0.2, 0.25) is 0 Å². The second kappa shape index (κ2) is 6.02. The summed E-state index contributed by atoms with van der Waals surface area (Å²) in [5.41, 5.74) is 5.54. The van der Waals surface area contributed by atoms with Crippen LogP contribution in [-0.4, -0.2) is 25.3 Å². The molecule has 1 aliphatic carbocycles. The summed E-state index contributed by atoms with van der Waals surface area (Å²) in [5, 5.41) is 0. The van der Waals surface area contributed by atoms with Crippen LogP contribution >= 0.6 is 15.9 Å². The number of hydrogen-bond acceptors (Lipinski definition) is 4. The molecule has 2 N–H and O–H groups in total. The van der Waals surface area contributed by atoms with Gasteiger partial charge in [-0.2, -0.15) is 4.31 Å². The molecular formula is C14H21BrN2O3S. The SMILES string of the molecule is NCc1cc(S(=O)(=O)N2CCCC3CCCCC32)c(Br)o1. The minimum absolute atomic E-state index is 0.153. The van der Waals surface area contributed by atoms with Crippen molar-refractivity contribution < 1.29 is 12.8 Å². The molecule has 0 amide bonds. The average Bonchev–Trinajstić information content (AvgIpc) is 2.88. The van der Waals surface area contributed by atoms with Crippen molar-refractivity contribution >= 4 is 26.0 Å². The number of rotatable bonds is 3. The van der Waals surface area contributed by atoms with Crippen LogP contribution in [0.4, 0.5) is 0 Å². The molecule has 118 valence electrons. The van der Waals surface area contributed by atoms with E-state index in [4.69, 9.17) is 10.2 Å². The Bertz CT molecular complexity index is 612. The maximum atomic E-state index is 13.0. The summed E-state index contributed by atoms with van der Waals surface area (Å²) >= 11 is 3.22. The van der Waals surface area contributed by atoms with E-state index >= 15 is 0 Å². The lowest BCUT2D eigenvalue weighted by molar-refractivity contribution is 0.129. The van der Waals surface area contributed by atoms with Gasteiger partial charge in [0.2, 0.25) is 10.0 Å². The Balaban J connectivity index is 1.94. The minimum Gasteiger partial charge on any atom is -0.452 e. The lowest BCUT2D eigenvalue weighted by Crippen LogP contribution is -2.49. The summed E-state index contributed by atoms with van der Waals surface area (Å²) in [4.78, 5) is 0.217. The summed E-state index contributed by atoms with van der Waals surface area (Å²) in [6.45, 7) is 0.805. The van der Waals surface area contributed by atoms with Crippen LogP contribution in [0.1, 0.15) is 44.3 Å². The lowest BCUT2D eigenvalue weighted by Gasteiger charge is -2.42. The summed E-state index contributed by atoms with van der Waals surface area (Å²) in [6, 6.07) is 1.70.